The van der Waals surface area contributed by atoms with Gasteiger partial charge in [-0.05, 0) is 75.5 Å². The molecule has 2 amide bonds. The second kappa shape index (κ2) is 13.1. The molecule has 1 aromatic heterocycles. The summed E-state index contributed by atoms with van der Waals surface area (Å²) in [5.74, 6) is 2.79. The Morgan fingerprint density at radius 1 is 0.979 bits per heavy atom. The van der Waals surface area contributed by atoms with Gasteiger partial charge in [-0.25, -0.2) is 9.99 Å². The van der Waals surface area contributed by atoms with Gasteiger partial charge in [0.15, 0.2) is 5.82 Å². The van der Waals surface area contributed by atoms with Crippen LogP contribution in [0.4, 0.5) is 23.1 Å². The molecular weight excluding hydrogens is 606 g/mol. The van der Waals surface area contributed by atoms with E-state index in [1.165, 1.54) is 45.3 Å². The lowest BCUT2D eigenvalue weighted by atomic mass is 10.0. The summed E-state index contributed by atoms with van der Waals surface area (Å²) in [6.45, 7) is 8.42. The van der Waals surface area contributed by atoms with Gasteiger partial charge in [-0.2, -0.15) is 4.98 Å². The van der Waals surface area contributed by atoms with Gasteiger partial charge in [0.05, 0.1) is 24.4 Å². The number of fused-ring (bicyclic) bond motifs is 1. The summed E-state index contributed by atoms with van der Waals surface area (Å²) >= 11 is 0. The molecule has 0 bridgehead atoms. The predicted molar refractivity (Wildman–Crippen MR) is 186 cm³/mol. The largest absolute Gasteiger partial charge is 0.495 e. The molecule has 8 rings (SSSR count). The number of carbonyl (C=O) groups is 2. The minimum absolute atomic E-state index is 0.137. The lowest BCUT2D eigenvalue weighted by molar-refractivity contribution is -0.122. The zero-order chi connectivity index (χ0) is 32.8. The van der Waals surface area contributed by atoms with Gasteiger partial charge in [-0.1, -0.05) is 12.8 Å². The number of hydrogen-bond donors (Lipinski definition) is 2. The Morgan fingerprint density at radius 2 is 1.73 bits per heavy atom. The van der Waals surface area contributed by atoms with E-state index in [0.717, 1.165) is 82.1 Å². The van der Waals surface area contributed by atoms with Crippen LogP contribution in [-0.4, -0.2) is 115 Å². The van der Waals surface area contributed by atoms with Crippen molar-refractivity contribution < 1.29 is 14.3 Å². The van der Waals surface area contributed by atoms with Crippen LogP contribution in [0.3, 0.4) is 0 Å². The normalized spacial score (nSPS) is 24.1. The Bertz CT molecular complexity index is 1510. The van der Waals surface area contributed by atoms with E-state index in [2.05, 4.69) is 35.4 Å². The second-order valence-corrected chi connectivity index (χ2v) is 15.1. The first-order valence-electron chi connectivity index (χ1n) is 18.3. The van der Waals surface area contributed by atoms with E-state index in [0.29, 0.717) is 41.6 Å². The van der Waals surface area contributed by atoms with Crippen molar-refractivity contribution in [3.8, 4) is 5.75 Å². The summed E-state index contributed by atoms with van der Waals surface area (Å²) < 4.78 is 5.73. The van der Waals surface area contributed by atoms with Crippen molar-refractivity contribution in [3.05, 3.63) is 30.0 Å². The van der Waals surface area contributed by atoms with Gasteiger partial charge in [0.1, 0.15) is 11.4 Å². The van der Waals surface area contributed by atoms with E-state index in [9.17, 15) is 9.59 Å². The first kappa shape index (κ1) is 31.8. The summed E-state index contributed by atoms with van der Waals surface area (Å²) in [6, 6.07) is 6.41. The van der Waals surface area contributed by atoms with Crippen molar-refractivity contribution in [3.63, 3.8) is 0 Å². The van der Waals surface area contributed by atoms with Crippen molar-refractivity contribution in [1.29, 1.82) is 0 Å². The Balaban J connectivity index is 0.902. The maximum Gasteiger partial charge on any atom is 0.265 e. The number of amides is 2. The number of rotatable bonds is 9. The molecule has 2 aromatic rings. The van der Waals surface area contributed by atoms with Crippen molar-refractivity contribution in [2.24, 2.45) is 11.3 Å². The van der Waals surface area contributed by atoms with Gasteiger partial charge < -0.3 is 24.8 Å². The van der Waals surface area contributed by atoms with E-state index in [1.54, 1.807) is 24.3 Å². The molecule has 258 valence electrons. The predicted octanol–water partition coefficient (Wildman–Crippen LogP) is 3.87. The SMILES string of the molecule is COc1cc(C(=O)NN2CCC(N3CCN(CC4CC4)CC3)CC2)ccc1Nc1ncc2c(n1)N(C1CCCC1)CC1(CC1)C(=O)N2C. The Kier molecular flexibility index (Phi) is 8.67. The lowest BCUT2D eigenvalue weighted by Gasteiger charge is -2.42. The molecule has 12 heteroatoms. The number of ether oxygens (including phenoxy) is 1. The van der Waals surface area contributed by atoms with Crippen LogP contribution in [0.5, 0.6) is 5.75 Å². The summed E-state index contributed by atoms with van der Waals surface area (Å²) in [6.07, 6.45) is 13.2. The molecule has 12 nitrogen and oxygen atoms in total. The third-order valence-electron chi connectivity index (χ3n) is 11.8. The van der Waals surface area contributed by atoms with Gasteiger partial charge in [-0.3, -0.25) is 19.9 Å². The molecule has 0 unspecified atom stereocenters. The topological polar surface area (TPSA) is 109 Å². The molecule has 4 heterocycles. The monoisotopic (exact) mass is 657 g/mol. The van der Waals surface area contributed by atoms with Gasteiger partial charge >= 0.3 is 0 Å². The highest BCUT2D eigenvalue weighted by atomic mass is 16.5. The fraction of sp³-hybridized carbons (Fsp3) is 0.667. The minimum Gasteiger partial charge on any atom is -0.495 e. The molecule has 3 aliphatic carbocycles. The van der Waals surface area contributed by atoms with Crippen molar-refractivity contribution in [2.45, 2.75) is 76.3 Å². The molecule has 0 radical (unpaired) electrons. The Hall–Kier alpha value is -3.48. The quantitative estimate of drug-likeness (QED) is 0.413. The van der Waals surface area contributed by atoms with Gasteiger partial charge in [0.2, 0.25) is 11.9 Å². The number of hydrogen-bond acceptors (Lipinski definition) is 10. The molecule has 3 saturated carbocycles. The van der Waals surface area contributed by atoms with E-state index in [1.807, 2.05) is 19.2 Å². The maximum atomic E-state index is 13.4. The molecule has 1 spiro atoms. The van der Waals surface area contributed by atoms with Crippen LogP contribution >= 0.6 is 0 Å². The fourth-order valence-electron chi connectivity index (χ4n) is 8.43. The average molecular weight is 658 g/mol. The number of hydrazine groups is 1. The number of anilines is 4. The third-order valence-corrected chi connectivity index (χ3v) is 11.8. The summed E-state index contributed by atoms with van der Waals surface area (Å²) in [5.41, 5.74) is 4.81. The number of piperidine rings is 1. The van der Waals surface area contributed by atoms with E-state index >= 15 is 0 Å². The van der Waals surface area contributed by atoms with Gasteiger partial charge in [0.25, 0.3) is 5.91 Å². The Morgan fingerprint density at radius 3 is 2.42 bits per heavy atom. The molecule has 48 heavy (non-hydrogen) atoms. The Labute approximate surface area is 284 Å². The van der Waals surface area contributed by atoms with Crippen LogP contribution in [0.15, 0.2) is 24.4 Å². The summed E-state index contributed by atoms with van der Waals surface area (Å²) in [7, 11) is 3.45. The molecule has 0 atom stereocenters. The molecule has 5 fully saturated rings. The number of nitrogens with one attached hydrogen (secondary N) is 2. The van der Waals surface area contributed by atoms with Crippen LogP contribution in [-0.2, 0) is 4.79 Å². The minimum atomic E-state index is -0.300. The number of aromatic nitrogens is 2. The first-order chi connectivity index (χ1) is 23.4. The van der Waals surface area contributed by atoms with Crippen LogP contribution in [0.2, 0.25) is 0 Å². The summed E-state index contributed by atoms with van der Waals surface area (Å²) in [4.78, 5) is 45.8. The zero-order valence-corrected chi connectivity index (χ0v) is 28.6. The van der Waals surface area contributed by atoms with Crippen molar-refractivity contribution in [2.75, 3.05) is 81.6 Å². The van der Waals surface area contributed by atoms with Crippen molar-refractivity contribution >= 4 is 35.0 Å². The highest BCUT2D eigenvalue weighted by Gasteiger charge is 2.55. The van der Waals surface area contributed by atoms with E-state index in [4.69, 9.17) is 9.72 Å². The van der Waals surface area contributed by atoms with E-state index < -0.39 is 0 Å². The van der Waals surface area contributed by atoms with E-state index in [-0.39, 0.29) is 17.2 Å². The standard InChI is InChI=1S/C36H51N9O3/c1-41-30-22-37-35(39-32(30)45(28-5-3-4-6-28)24-36(13-14-36)34(41)47)38-29-10-9-26(21-31(29)48-2)33(46)40-44-15-11-27(12-16-44)43-19-17-42(18-20-43)23-25-7-8-25/h9-10,21-22,25,27-28H,3-8,11-20,23-24H2,1-2H3,(H,40,46)(H,37,38,39). The van der Waals surface area contributed by atoms with Gasteiger partial charge in [-0.15, -0.1) is 0 Å². The number of nitrogens with zero attached hydrogens (tertiary/aromatic N) is 7. The number of benzene rings is 1. The zero-order valence-electron chi connectivity index (χ0n) is 28.6. The second-order valence-electron chi connectivity index (χ2n) is 15.1. The summed E-state index contributed by atoms with van der Waals surface area (Å²) in [5, 5.41) is 5.40. The highest BCUT2D eigenvalue weighted by molar-refractivity contribution is 6.03. The maximum absolute atomic E-state index is 13.4. The molecule has 2 saturated heterocycles. The third kappa shape index (κ3) is 6.46. The highest BCUT2D eigenvalue weighted by Crippen LogP contribution is 2.52. The van der Waals surface area contributed by atoms with Crippen molar-refractivity contribution in [1.82, 2.24) is 30.2 Å². The number of piperazine rings is 1. The molecule has 3 aliphatic heterocycles. The van der Waals surface area contributed by atoms with Crippen LogP contribution in [0.25, 0.3) is 0 Å². The smallest absolute Gasteiger partial charge is 0.265 e. The first-order valence-corrected chi connectivity index (χ1v) is 18.3. The average Bonchev–Trinajstić information content (AvgIpc) is 4.05. The number of carbonyl (C=O) groups excluding carboxylic acids is 2. The van der Waals surface area contributed by atoms with Crippen LogP contribution in [0.1, 0.15) is 74.6 Å². The number of methoxy groups -OCH3 is 1. The molecule has 1 aromatic carbocycles. The molecule has 2 N–H and O–H groups in total. The fourth-order valence-corrected chi connectivity index (χ4v) is 8.43. The van der Waals surface area contributed by atoms with Crippen LogP contribution in [0, 0.1) is 11.3 Å². The lowest BCUT2D eigenvalue weighted by Crippen LogP contribution is -2.55. The van der Waals surface area contributed by atoms with Gasteiger partial charge in [0, 0.05) is 77.1 Å². The van der Waals surface area contributed by atoms with Crippen LogP contribution < -0.4 is 25.3 Å². The molecule has 6 aliphatic rings. The molecular formula is C36H51N9O3.